The zero-order valence-corrected chi connectivity index (χ0v) is 19.6. The number of benzene rings is 3. The van der Waals surface area contributed by atoms with Gasteiger partial charge in [0.1, 0.15) is 6.04 Å². The second kappa shape index (κ2) is 10.1. The van der Waals surface area contributed by atoms with Gasteiger partial charge in [-0.25, -0.2) is 8.42 Å². The van der Waals surface area contributed by atoms with Gasteiger partial charge in [-0.05, 0) is 61.7 Å². The van der Waals surface area contributed by atoms with Gasteiger partial charge in [-0.3, -0.25) is 14.3 Å². The molecule has 34 heavy (non-hydrogen) atoms. The Balaban J connectivity index is 1.45. The van der Waals surface area contributed by atoms with Gasteiger partial charge in [-0.1, -0.05) is 48.0 Å². The molecule has 3 aromatic rings. The van der Waals surface area contributed by atoms with E-state index in [2.05, 4.69) is 15.4 Å². The van der Waals surface area contributed by atoms with E-state index in [1.165, 1.54) is 24.3 Å². The lowest BCUT2D eigenvalue weighted by Crippen LogP contribution is -2.48. The molecule has 0 spiro atoms. The molecule has 2 amide bonds. The maximum absolute atomic E-state index is 12.9. The van der Waals surface area contributed by atoms with E-state index in [4.69, 9.17) is 0 Å². The van der Waals surface area contributed by atoms with E-state index < -0.39 is 22.0 Å². The standard InChI is InChI=1S/C26H27N3O4S/c1-18-7-11-22(12-8-18)29-34(32,33)23-15-9-20(10-16-23)25(30)28-24(26(31)27-21-13-14-21)17-19-5-3-2-4-6-19/h2-12,15-16,21,24,29H,13-14,17H2,1H3,(H,27,31)(H,28,30). The molecule has 0 heterocycles. The molecule has 1 saturated carbocycles. The molecule has 1 aliphatic rings. The van der Waals surface area contributed by atoms with Crippen molar-refractivity contribution in [3.8, 4) is 0 Å². The van der Waals surface area contributed by atoms with Gasteiger partial charge in [0.25, 0.3) is 15.9 Å². The van der Waals surface area contributed by atoms with Gasteiger partial charge >= 0.3 is 0 Å². The molecular formula is C26H27N3O4S. The Morgan fingerprint density at radius 1 is 0.912 bits per heavy atom. The van der Waals surface area contributed by atoms with Crippen LogP contribution in [0.25, 0.3) is 0 Å². The summed E-state index contributed by atoms with van der Waals surface area (Å²) in [5.74, 6) is -0.663. The number of carbonyl (C=O) groups excluding carboxylic acids is 2. The van der Waals surface area contributed by atoms with Crippen LogP contribution in [-0.2, 0) is 21.2 Å². The second-order valence-electron chi connectivity index (χ2n) is 8.49. The summed E-state index contributed by atoms with van der Waals surface area (Å²) in [5, 5.41) is 5.75. The van der Waals surface area contributed by atoms with Gasteiger partial charge in [0.2, 0.25) is 5.91 Å². The van der Waals surface area contributed by atoms with Crippen molar-refractivity contribution >= 4 is 27.5 Å². The van der Waals surface area contributed by atoms with Crippen LogP contribution >= 0.6 is 0 Å². The van der Waals surface area contributed by atoms with Crippen LogP contribution in [0, 0.1) is 6.92 Å². The van der Waals surface area contributed by atoms with Gasteiger partial charge in [-0.15, -0.1) is 0 Å². The average Bonchev–Trinajstić information content (AvgIpc) is 3.65. The molecule has 0 bridgehead atoms. The zero-order valence-electron chi connectivity index (χ0n) is 18.8. The molecule has 1 atom stereocenters. The van der Waals surface area contributed by atoms with Crippen LogP contribution in [0.3, 0.4) is 0 Å². The number of sulfonamides is 1. The summed E-state index contributed by atoms with van der Waals surface area (Å²) >= 11 is 0. The van der Waals surface area contributed by atoms with Crippen LogP contribution < -0.4 is 15.4 Å². The highest BCUT2D eigenvalue weighted by Crippen LogP contribution is 2.20. The molecule has 8 heteroatoms. The summed E-state index contributed by atoms with van der Waals surface area (Å²) < 4.78 is 27.9. The molecule has 4 rings (SSSR count). The van der Waals surface area contributed by atoms with Crippen LogP contribution in [0.1, 0.15) is 34.3 Å². The molecule has 0 saturated heterocycles. The molecule has 1 fully saturated rings. The number of amides is 2. The predicted molar refractivity (Wildman–Crippen MR) is 131 cm³/mol. The molecular weight excluding hydrogens is 450 g/mol. The van der Waals surface area contributed by atoms with Crippen molar-refractivity contribution in [1.29, 1.82) is 0 Å². The lowest BCUT2D eigenvalue weighted by atomic mass is 10.0. The SMILES string of the molecule is Cc1ccc(NS(=O)(=O)c2ccc(C(=O)NC(Cc3ccccc3)C(=O)NC3CC3)cc2)cc1. The highest BCUT2D eigenvalue weighted by Gasteiger charge is 2.29. The predicted octanol–water partition coefficient (Wildman–Crippen LogP) is 3.42. The first-order chi connectivity index (χ1) is 16.3. The van der Waals surface area contributed by atoms with Crippen molar-refractivity contribution in [2.24, 2.45) is 0 Å². The third kappa shape index (κ3) is 6.23. The van der Waals surface area contributed by atoms with Crippen molar-refractivity contribution < 1.29 is 18.0 Å². The molecule has 1 aliphatic carbocycles. The third-order valence-electron chi connectivity index (χ3n) is 5.56. The molecule has 176 valence electrons. The molecule has 7 nitrogen and oxygen atoms in total. The van der Waals surface area contributed by atoms with Gasteiger partial charge < -0.3 is 10.6 Å². The fraction of sp³-hybridized carbons (Fsp3) is 0.231. The average molecular weight is 478 g/mol. The second-order valence-corrected chi connectivity index (χ2v) is 10.2. The summed E-state index contributed by atoms with van der Waals surface area (Å²) in [6, 6.07) is 21.6. The van der Waals surface area contributed by atoms with E-state index >= 15 is 0 Å². The van der Waals surface area contributed by atoms with E-state index in [0.717, 1.165) is 24.0 Å². The number of hydrogen-bond donors (Lipinski definition) is 3. The molecule has 0 radical (unpaired) electrons. The van der Waals surface area contributed by atoms with Crippen molar-refractivity contribution in [3.63, 3.8) is 0 Å². The fourth-order valence-electron chi connectivity index (χ4n) is 3.45. The monoisotopic (exact) mass is 477 g/mol. The van der Waals surface area contributed by atoms with Crippen molar-refractivity contribution in [2.75, 3.05) is 4.72 Å². The molecule has 1 unspecified atom stereocenters. The summed E-state index contributed by atoms with van der Waals surface area (Å²) in [6.07, 6.45) is 2.26. The topological polar surface area (TPSA) is 104 Å². The van der Waals surface area contributed by atoms with Crippen LogP contribution in [0.5, 0.6) is 0 Å². The van der Waals surface area contributed by atoms with Crippen molar-refractivity contribution in [3.05, 3.63) is 95.6 Å². The fourth-order valence-corrected chi connectivity index (χ4v) is 4.51. The summed E-state index contributed by atoms with van der Waals surface area (Å²) in [5.41, 5.74) is 2.68. The summed E-state index contributed by atoms with van der Waals surface area (Å²) in [6.45, 7) is 1.92. The van der Waals surface area contributed by atoms with Crippen molar-refractivity contribution in [1.82, 2.24) is 10.6 Å². The molecule has 0 aromatic heterocycles. The molecule has 3 N–H and O–H groups in total. The van der Waals surface area contributed by atoms with Crippen LogP contribution in [0.15, 0.2) is 83.8 Å². The number of rotatable bonds is 9. The van der Waals surface area contributed by atoms with Crippen LogP contribution in [-0.4, -0.2) is 32.3 Å². The van der Waals surface area contributed by atoms with Crippen molar-refractivity contribution in [2.45, 2.75) is 43.2 Å². The smallest absolute Gasteiger partial charge is 0.261 e. The first-order valence-corrected chi connectivity index (χ1v) is 12.6. The Hall–Kier alpha value is -3.65. The maximum Gasteiger partial charge on any atom is 0.261 e. The Labute approximate surface area is 199 Å². The van der Waals surface area contributed by atoms with Crippen LogP contribution in [0.2, 0.25) is 0 Å². The van der Waals surface area contributed by atoms with E-state index in [1.54, 1.807) is 12.1 Å². The van der Waals surface area contributed by atoms with Gasteiger partial charge in [0.05, 0.1) is 4.90 Å². The first-order valence-electron chi connectivity index (χ1n) is 11.1. The highest BCUT2D eigenvalue weighted by atomic mass is 32.2. The first kappa shape index (κ1) is 23.5. The quantitative estimate of drug-likeness (QED) is 0.439. The van der Waals surface area contributed by atoms with Gasteiger partial charge in [-0.2, -0.15) is 0 Å². The van der Waals surface area contributed by atoms with Gasteiger partial charge in [0.15, 0.2) is 0 Å². The molecule has 3 aromatic carbocycles. The lowest BCUT2D eigenvalue weighted by molar-refractivity contribution is -0.123. The Morgan fingerprint density at radius 3 is 2.18 bits per heavy atom. The normalized spacial score (nSPS) is 14.1. The zero-order chi connectivity index (χ0) is 24.1. The Morgan fingerprint density at radius 2 is 1.56 bits per heavy atom. The van der Waals surface area contributed by atoms with E-state index in [-0.39, 0.29) is 22.4 Å². The third-order valence-corrected chi connectivity index (χ3v) is 6.96. The number of aryl methyl sites for hydroxylation is 1. The minimum absolute atomic E-state index is 0.0388. The van der Waals surface area contributed by atoms with Crippen LogP contribution in [0.4, 0.5) is 5.69 Å². The minimum atomic E-state index is -3.80. The number of anilines is 1. The van der Waals surface area contributed by atoms with E-state index in [0.29, 0.717) is 12.1 Å². The Kier molecular flexibility index (Phi) is 6.98. The number of carbonyl (C=O) groups is 2. The maximum atomic E-state index is 12.9. The highest BCUT2D eigenvalue weighted by molar-refractivity contribution is 7.92. The van der Waals surface area contributed by atoms with E-state index in [9.17, 15) is 18.0 Å². The summed E-state index contributed by atoms with van der Waals surface area (Å²) in [4.78, 5) is 25.6. The Bertz CT molecular complexity index is 1250. The van der Waals surface area contributed by atoms with E-state index in [1.807, 2.05) is 49.4 Å². The largest absolute Gasteiger partial charge is 0.352 e. The van der Waals surface area contributed by atoms with Gasteiger partial charge in [0, 0.05) is 23.7 Å². The number of hydrogen-bond acceptors (Lipinski definition) is 4. The number of nitrogens with one attached hydrogen (secondary N) is 3. The minimum Gasteiger partial charge on any atom is -0.352 e. The summed E-state index contributed by atoms with van der Waals surface area (Å²) in [7, 11) is -3.80. The molecule has 0 aliphatic heterocycles. The lowest BCUT2D eigenvalue weighted by Gasteiger charge is -2.19.